The van der Waals surface area contributed by atoms with E-state index >= 15 is 0 Å². The van der Waals surface area contributed by atoms with Crippen LogP contribution < -0.4 is 0 Å². The summed E-state index contributed by atoms with van der Waals surface area (Å²) in [6.07, 6.45) is 4.59. The Labute approximate surface area is 88.9 Å². The van der Waals surface area contributed by atoms with Gasteiger partial charge in [0.1, 0.15) is 0 Å². The molecule has 3 nitrogen and oxygen atoms in total. The molecule has 0 unspecified atom stereocenters. The van der Waals surface area contributed by atoms with Gasteiger partial charge in [-0.3, -0.25) is 4.79 Å². The molecule has 0 bridgehead atoms. The molecule has 0 N–H and O–H groups in total. The van der Waals surface area contributed by atoms with E-state index in [0.717, 1.165) is 18.7 Å². The molecule has 0 saturated heterocycles. The standard InChI is InChI=1S/C10H16N2OS/c1-3-6-12-7-5-11-10(12)9(13)8-14-4-2/h5,7H,3-4,6,8H2,1-2H3. The number of aromatic nitrogens is 2. The fourth-order valence-corrected chi connectivity index (χ4v) is 1.76. The Balaban J connectivity index is 2.63. The SMILES string of the molecule is CCCn1ccnc1C(=O)CSCC. The molecule has 0 fully saturated rings. The van der Waals surface area contributed by atoms with E-state index in [1.807, 2.05) is 10.8 Å². The Morgan fingerprint density at radius 1 is 1.57 bits per heavy atom. The molecule has 1 heterocycles. The smallest absolute Gasteiger partial charge is 0.208 e. The number of thioether (sulfide) groups is 1. The van der Waals surface area contributed by atoms with Gasteiger partial charge in [-0.2, -0.15) is 11.8 Å². The molecule has 0 saturated carbocycles. The number of carbonyl (C=O) groups is 1. The number of hydrogen-bond donors (Lipinski definition) is 0. The molecule has 78 valence electrons. The summed E-state index contributed by atoms with van der Waals surface area (Å²) in [6.45, 7) is 5.02. The topological polar surface area (TPSA) is 34.9 Å². The lowest BCUT2D eigenvalue weighted by molar-refractivity contribution is 0.100. The lowest BCUT2D eigenvalue weighted by Crippen LogP contribution is -2.12. The average molecular weight is 212 g/mol. The van der Waals surface area contributed by atoms with Crippen LogP contribution in [-0.4, -0.2) is 26.8 Å². The molecule has 0 aliphatic carbocycles. The zero-order chi connectivity index (χ0) is 10.4. The second-order valence-corrected chi connectivity index (χ2v) is 4.28. The van der Waals surface area contributed by atoms with Gasteiger partial charge in [-0.1, -0.05) is 13.8 Å². The van der Waals surface area contributed by atoms with Gasteiger partial charge in [-0.25, -0.2) is 4.98 Å². The first-order valence-corrected chi connectivity index (χ1v) is 6.07. The Morgan fingerprint density at radius 3 is 3.00 bits per heavy atom. The summed E-state index contributed by atoms with van der Waals surface area (Å²) in [5, 5.41) is 0. The number of nitrogens with zero attached hydrogens (tertiary/aromatic N) is 2. The molecule has 4 heteroatoms. The first kappa shape index (κ1) is 11.3. The number of carbonyl (C=O) groups excluding carboxylic acids is 1. The van der Waals surface area contributed by atoms with Gasteiger partial charge in [-0.05, 0) is 12.2 Å². The monoisotopic (exact) mass is 212 g/mol. The van der Waals surface area contributed by atoms with Crippen molar-refractivity contribution in [2.24, 2.45) is 0 Å². The Bertz CT molecular complexity index is 296. The zero-order valence-corrected chi connectivity index (χ0v) is 9.51. The Hall–Kier alpha value is -0.770. The fraction of sp³-hybridized carbons (Fsp3) is 0.600. The number of Topliss-reactive ketones (excluding diaryl/α,β-unsaturated/α-hetero) is 1. The molecular weight excluding hydrogens is 196 g/mol. The third kappa shape index (κ3) is 2.87. The van der Waals surface area contributed by atoms with E-state index in [1.54, 1.807) is 18.0 Å². The van der Waals surface area contributed by atoms with Crippen LogP contribution in [0.4, 0.5) is 0 Å². The van der Waals surface area contributed by atoms with Gasteiger partial charge in [0.15, 0.2) is 5.82 Å². The van der Waals surface area contributed by atoms with E-state index < -0.39 is 0 Å². The maximum Gasteiger partial charge on any atom is 0.208 e. The van der Waals surface area contributed by atoms with Crippen LogP contribution in [0.5, 0.6) is 0 Å². The molecule has 0 atom stereocenters. The highest BCUT2D eigenvalue weighted by Gasteiger charge is 2.11. The van der Waals surface area contributed by atoms with Crippen molar-refractivity contribution in [3.8, 4) is 0 Å². The number of aryl methyl sites for hydroxylation is 1. The minimum atomic E-state index is 0.135. The van der Waals surface area contributed by atoms with Crippen molar-refractivity contribution in [2.45, 2.75) is 26.8 Å². The number of ketones is 1. The minimum absolute atomic E-state index is 0.135. The van der Waals surface area contributed by atoms with Crippen molar-refractivity contribution in [1.82, 2.24) is 9.55 Å². The molecule has 14 heavy (non-hydrogen) atoms. The predicted octanol–water partition coefficient (Wildman–Crippen LogP) is 2.23. The molecule has 0 radical (unpaired) electrons. The van der Waals surface area contributed by atoms with E-state index in [2.05, 4.69) is 18.8 Å². The lowest BCUT2D eigenvalue weighted by atomic mass is 10.4. The quantitative estimate of drug-likeness (QED) is 0.678. The number of rotatable bonds is 6. The van der Waals surface area contributed by atoms with Crippen molar-refractivity contribution in [2.75, 3.05) is 11.5 Å². The summed E-state index contributed by atoms with van der Waals surface area (Å²) < 4.78 is 1.93. The molecule has 1 aromatic heterocycles. The summed E-state index contributed by atoms with van der Waals surface area (Å²) in [5.41, 5.74) is 0. The lowest BCUT2D eigenvalue weighted by Gasteiger charge is -2.04. The van der Waals surface area contributed by atoms with E-state index in [4.69, 9.17) is 0 Å². The van der Waals surface area contributed by atoms with Crippen LogP contribution >= 0.6 is 11.8 Å². The van der Waals surface area contributed by atoms with Gasteiger partial charge in [0.25, 0.3) is 0 Å². The fourth-order valence-electron chi connectivity index (χ4n) is 1.24. The number of imidazole rings is 1. The van der Waals surface area contributed by atoms with E-state index in [1.165, 1.54) is 0 Å². The minimum Gasteiger partial charge on any atom is -0.329 e. The second kappa shape index (κ2) is 5.86. The van der Waals surface area contributed by atoms with Gasteiger partial charge >= 0.3 is 0 Å². The highest BCUT2D eigenvalue weighted by atomic mass is 32.2. The summed E-state index contributed by atoms with van der Waals surface area (Å²) >= 11 is 1.64. The molecule has 0 aliphatic heterocycles. The average Bonchev–Trinajstić information content (AvgIpc) is 2.63. The Morgan fingerprint density at radius 2 is 2.36 bits per heavy atom. The first-order valence-electron chi connectivity index (χ1n) is 4.91. The second-order valence-electron chi connectivity index (χ2n) is 3.00. The van der Waals surface area contributed by atoms with Crippen LogP contribution in [0, 0.1) is 0 Å². The van der Waals surface area contributed by atoms with Gasteiger partial charge < -0.3 is 4.57 Å². The summed E-state index contributed by atoms with van der Waals surface area (Å²) in [5.74, 6) is 2.25. The first-order chi connectivity index (χ1) is 6.79. The maximum atomic E-state index is 11.7. The molecular formula is C10H16N2OS. The predicted molar refractivity (Wildman–Crippen MR) is 59.8 cm³/mol. The van der Waals surface area contributed by atoms with Crippen molar-refractivity contribution >= 4 is 17.5 Å². The van der Waals surface area contributed by atoms with Crippen LogP contribution in [0.25, 0.3) is 0 Å². The molecule has 0 aliphatic rings. The molecule has 1 aromatic rings. The van der Waals surface area contributed by atoms with Crippen molar-refractivity contribution in [1.29, 1.82) is 0 Å². The van der Waals surface area contributed by atoms with Crippen molar-refractivity contribution in [3.63, 3.8) is 0 Å². The normalized spacial score (nSPS) is 10.4. The van der Waals surface area contributed by atoms with Gasteiger partial charge in [0.05, 0.1) is 5.75 Å². The third-order valence-corrected chi connectivity index (χ3v) is 2.74. The Kier molecular flexibility index (Phi) is 4.73. The molecule has 1 rings (SSSR count). The zero-order valence-electron chi connectivity index (χ0n) is 8.69. The summed E-state index contributed by atoms with van der Waals surface area (Å²) in [4.78, 5) is 15.7. The molecule has 0 amide bonds. The molecule has 0 aromatic carbocycles. The van der Waals surface area contributed by atoms with Gasteiger partial charge in [-0.15, -0.1) is 0 Å². The van der Waals surface area contributed by atoms with Crippen LogP contribution in [0.15, 0.2) is 12.4 Å². The van der Waals surface area contributed by atoms with E-state index in [0.29, 0.717) is 11.6 Å². The summed E-state index contributed by atoms with van der Waals surface area (Å²) in [6, 6.07) is 0. The highest BCUT2D eigenvalue weighted by molar-refractivity contribution is 7.99. The van der Waals surface area contributed by atoms with Crippen LogP contribution in [0.3, 0.4) is 0 Å². The third-order valence-electron chi connectivity index (χ3n) is 1.87. The highest BCUT2D eigenvalue weighted by Crippen LogP contribution is 2.06. The van der Waals surface area contributed by atoms with E-state index in [-0.39, 0.29) is 5.78 Å². The molecule has 0 spiro atoms. The van der Waals surface area contributed by atoms with Gasteiger partial charge in [0, 0.05) is 18.9 Å². The van der Waals surface area contributed by atoms with Crippen LogP contribution in [0.2, 0.25) is 0 Å². The van der Waals surface area contributed by atoms with Crippen molar-refractivity contribution in [3.05, 3.63) is 18.2 Å². The van der Waals surface area contributed by atoms with E-state index in [9.17, 15) is 4.79 Å². The maximum absolute atomic E-state index is 11.7. The van der Waals surface area contributed by atoms with Gasteiger partial charge in [0.2, 0.25) is 5.78 Å². The van der Waals surface area contributed by atoms with Crippen LogP contribution in [0.1, 0.15) is 30.9 Å². The summed E-state index contributed by atoms with van der Waals surface area (Å²) in [7, 11) is 0. The number of hydrogen-bond acceptors (Lipinski definition) is 3. The van der Waals surface area contributed by atoms with Crippen LogP contribution in [-0.2, 0) is 6.54 Å². The largest absolute Gasteiger partial charge is 0.329 e. The van der Waals surface area contributed by atoms with Crippen molar-refractivity contribution < 1.29 is 4.79 Å².